The summed E-state index contributed by atoms with van der Waals surface area (Å²) in [6.07, 6.45) is 2.73. The first-order valence-electron chi connectivity index (χ1n) is 11.2. The molecule has 0 spiro atoms. The number of carbonyl (C=O) groups excluding carboxylic acids is 1. The molecule has 3 N–H and O–H groups in total. The lowest BCUT2D eigenvalue weighted by atomic mass is 10.0. The van der Waals surface area contributed by atoms with E-state index < -0.39 is 0 Å². The van der Waals surface area contributed by atoms with Crippen molar-refractivity contribution in [2.45, 2.75) is 32.9 Å². The highest BCUT2D eigenvalue weighted by atomic mass is 16.2. The Labute approximate surface area is 186 Å². The highest BCUT2D eigenvalue weighted by molar-refractivity contribution is 5.82. The number of hydrogen-bond donors (Lipinski definition) is 3. The summed E-state index contributed by atoms with van der Waals surface area (Å²) in [5.41, 5.74) is 4.75. The zero-order valence-electron chi connectivity index (χ0n) is 18.9. The van der Waals surface area contributed by atoms with E-state index in [0.29, 0.717) is 19.5 Å². The third kappa shape index (κ3) is 5.79. The Morgan fingerprint density at radius 2 is 1.81 bits per heavy atom. The fraction of sp³-hybridized carbons (Fsp3) is 0.400. The lowest BCUT2D eigenvalue weighted by Crippen LogP contribution is -2.47. The van der Waals surface area contributed by atoms with Crippen molar-refractivity contribution < 1.29 is 4.79 Å². The molecule has 6 nitrogen and oxygen atoms in total. The Hall–Kier alpha value is -2.99. The molecule has 0 saturated heterocycles. The molecule has 31 heavy (non-hydrogen) atoms. The summed E-state index contributed by atoms with van der Waals surface area (Å²) in [4.78, 5) is 17.7. The van der Waals surface area contributed by atoms with E-state index in [1.165, 1.54) is 22.5 Å². The van der Waals surface area contributed by atoms with Gasteiger partial charge in [-0.3, -0.25) is 4.79 Å². The van der Waals surface area contributed by atoms with Gasteiger partial charge >= 0.3 is 0 Å². The first-order chi connectivity index (χ1) is 15.2. The minimum Gasteiger partial charge on any atom is -0.372 e. The van der Waals surface area contributed by atoms with Crippen LogP contribution in [0.3, 0.4) is 0 Å². The molecule has 0 unspecified atom stereocenters. The molecule has 0 fully saturated rings. The van der Waals surface area contributed by atoms with E-state index in [2.05, 4.69) is 57.2 Å². The molecule has 2 aromatic carbocycles. The first kappa shape index (κ1) is 22.7. The molecule has 1 atom stereocenters. The summed E-state index contributed by atoms with van der Waals surface area (Å²) in [5, 5.41) is 9.79. The van der Waals surface area contributed by atoms with E-state index in [9.17, 15) is 4.79 Å². The Morgan fingerprint density at radius 1 is 1.06 bits per heavy atom. The van der Waals surface area contributed by atoms with Crippen LogP contribution < -0.4 is 20.9 Å². The predicted molar refractivity (Wildman–Crippen MR) is 128 cm³/mol. The molecule has 0 bridgehead atoms. The number of anilines is 1. The van der Waals surface area contributed by atoms with Gasteiger partial charge in [0.15, 0.2) is 0 Å². The summed E-state index contributed by atoms with van der Waals surface area (Å²) in [5.74, 6) is 0.160. The largest absolute Gasteiger partial charge is 0.372 e. The molecule has 4 rings (SSSR count). The number of carbonyl (C=O) groups is 1. The minimum absolute atomic E-state index is 0.160. The maximum absolute atomic E-state index is 13.4. The molecule has 6 heteroatoms. The zero-order valence-corrected chi connectivity index (χ0v) is 18.9. The highest BCUT2D eigenvalue weighted by Gasteiger charge is 2.28. The van der Waals surface area contributed by atoms with E-state index in [0.717, 1.165) is 19.8 Å². The van der Waals surface area contributed by atoms with Crippen molar-refractivity contribution in [3.05, 3.63) is 77.6 Å². The molecule has 2 aliphatic heterocycles. The SMILES string of the molecule is CC.CN[C@@H](Cc1ccccc1)C(=O)N1CCN(CC2=CNCN2)c2ccccc2C1. The summed E-state index contributed by atoms with van der Waals surface area (Å²) in [7, 11) is 1.87. The molecule has 2 heterocycles. The van der Waals surface area contributed by atoms with Gasteiger partial charge in [0.05, 0.1) is 19.3 Å². The van der Waals surface area contributed by atoms with Gasteiger partial charge in [0.25, 0.3) is 0 Å². The van der Waals surface area contributed by atoms with Crippen LogP contribution in [0.1, 0.15) is 25.0 Å². The molecule has 0 radical (unpaired) electrons. The molecule has 2 aliphatic rings. The van der Waals surface area contributed by atoms with Gasteiger partial charge in [-0.05, 0) is 30.7 Å². The van der Waals surface area contributed by atoms with Crippen LogP contribution in [0, 0.1) is 0 Å². The van der Waals surface area contributed by atoms with Crippen LogP contribution in [0.15, 0.2) is 66.5 Å². The van der Waals surface area contributed by atoms with Gasteiger partial charge in [0.2, 0.25) is 5.91 Å². The second-order valence-corrected chi connectivity index (χ2v) is 7.57. The molecule has 0 aliphatic carbocycles. The van der Waals surface area contributed by atoms with Crippen molar-refractivity contribution in [2.24, 2.45) is 0 Å². The van der Waals surface area contributed by atoms with Gasteiger partial charge in [-0.25, -0.2) is 0 Å². The summed E-state index contributed by atoms with van der Waals surface area (Å²) < 4.78 is 0. The number of amides is 1. The molecule has 1 amide bonds. The number of fused-ring (bicyclic) bond motifs is 1. The fourth-order valence-corrected chi connectivity index (χ4v) is 4.03. The van der Waals surface area contributed by atoms with Gasteiger partial charge in [0.1, 0.15) is 0 Å². The number of para-hydroxylation sites is 1. The lowest BCUT2D eigenvalue weighted by molar-refractivity contribution is -0.133. The normalized spacial score (nSPS) is 16.0. The van der Waals surface area contributed by atoms with Crippen LogP contribution in [0.5, 0.6) is 0 Å². The van der Waals surface area contributed by atoms with Crippen molar-refractivity contribution in [3.63, 3.8) is 0 Å². The minimum atomic E-state index is -0.223. The van der Waals surface area contributed by atoms with E-state index >= 15 is 0 Å². The molecule has 166 valence electrons. The smallest absolute Gasteiger partial charge is 0.240 e. The Balaban J connectivity index is 0.00000132. The molecular weight excluding hydrogens is 386 g/mol. The van der Waals surface area contributed by atoms with Gasteiger partial charge in [-0.15, -0.1) is 0 Å². The maximum atomic E-state index is 13.4. The van der Waals surface area contributed by atoms with Crippen molar-refractivity contribution in [1.82, 2.24) is 20.9 Å². The number of benzene rings is 2. The third-order valence-corrected chi connectivity index (χ3v) is 5.63. The average Bonchev–Trinajstić information content (AvgIpc) is 3.27. The van der Waals surface area contributed by atoms with E-state index in [4.69, 9.17) is 0 Å². The van der Waals surface area contributed by atoms with Crippen LogP contribution >= 0.6 is 0 Å². The fourth-order valence-electron chi connectivity index (χ4n) is 4.03. The van der Waals surface area contributed by atoms with Crippen molar-refractivity contribution in [2.75, 3.05) is 38.3 Å². The van der Waals surface area contributed by atoms with Gasteiger partial charge in [0, 0.05) is 37.2 Å². The third-order valence-electron chi connectivity index (χ3n) is 5.63. The van der Waals surface area contributed by atoms with E-state index in [1.54, 1.807) is 0 Å². The molecular formula is C25H35N5O. The Morgan fingerprint density at radius 3 is 2.52 bits per heavy atom. The van der Waals surface area contributed by atoms with Crippen molar-refractivity contribution in [3.8, 4) is 0 Å². The number of nitrogens with one attached hydrogen (secondary N) is 3. The van der Waals surface area contributed by atoms with E-state index in [-0.39, 0.29) is 11.9 Å². The first-order valence-corrected chi connectivity index (χ1v) is 11.2. The summed E-state index contributed by atoms with van der Waals surface area (Å²) in [6.45, 7) is 7.75. The second kappa shape index (κ2) is 11.4. The van der Waals surface area contributed by atoms with Crippen LogP contribution in [0.4, 0.5) is 5.69 Å². The maximum Gasteiger partial charge on any atom is 0.240 e. The molecule has 0 saturated carbocycles. The van der Waals surface area contributed by atoms with Gasteiger partial charge in [-0.1, -0.05) is 62.4 Å². The van der Waals surface area contributed by atoms with Crippen LogP contribution in [0.25, 0.3) is 0 Å². The Kier molecular flexibility index (Phi) is 8.35. The van der Waals surface area contributed by atoms with Gasteiger partial charge in [-0.2, -0.15) is 0 Å². The van der Waals surface area contributed by atoms with Crippen LogP contribution in [0.2, 0.25) is 0 Å². The van der Waals surface area contributed by atoms with Crippen molar-refractivity contribution in [1.29, 1.82) is 0 Å². The second-order valence-electron chi connectivity index (χ2n) is 7.57. The predicted octanol–water partition coefficient (Wildman–Crippen LogP) is 2.68. The summed E-state index contributed by atoms with van der Waals surface area (Å²) in [6, 6.07) is 18.4. The summed E-state index contributed by atoms with van der Waals surface area (Å²) >= 11 is 0. The quantitative estimate of drug-likeness (QED) is 0.670. The zero-order chi connectivity index (χ0) is 22.1. The number of likely N-dealkylation sites (N-methyl/N-ethyl adjacent to an activating group) is 1. The topological polar surface area (TPSA) is 59.6 Å². The van der Waals surface area contributed by atoms with Crippen molar-refractivity contribution >= 4 is 11.6 Å². The monoisotopic (exact) mass is 421 g/mol. The number of hydrogen-bond acceptors (Lipinski definition) is 5. The van der Waals surface area contributed by atoms with Gasteiger partial charge < -0.3 is 25.8 Å². The number of rotatable bonds is 6. The highest BCUT2D eigenvalue weighted by Crippen LogP contribution is 2.26. The van der Waals surface area contributed by atoms with E-state index in [1.807, 2.05) is 50.2 Å². The lowest BCUT2D eigenvalue weighted by Gasteiger charge is -2.27. The molecule has 2 aromatic rings. The standard InChI is InChI=1S/C23H29N5O.C2H6/c1-24-21(13-18-7-3-2-4-8-18)23(29)28-12-11-27(16-20-14-25-17-26-20)22-10-6-5-9-19(22)15-28;1-2/h2-10,14,21,24-26H,11-13,15-17H2,1H3;1-2H3/t21-;/m0./s1. The Bertz CT molecular complexity index is 867. The van der Waals surface area contributed by atoms with Crippen LogP contribution in [-0.2, 0) is 17.8 Å². The molecule has 0 aromatic heterocycles. The number of nitrogens with zero attached hydrogens (tertiary/aromatic N) is 2. The van der Waals surface area contributed by atoms with Crippen LogP contribution in [-0.4, -0.2) is 50.2 Å². The average molecular weight is 422 g/mol.